The standard InChI is InChI=1S/C12H12NOS/c1-10(9-14)8-13-6-7-15-12-5-3-2-4-11(12)13/h2-7,10H,8H2,1H3. The van der Waals surface area contributed by atoms with Crippen molar-refractivity contribution < 1.29 is 4.79 Å². The summed E-state index contributed by atoms with van der Waals surface area (Å²) in [5.74, 6) is -0.0641. The lowest BCUT2D eigenvalue weighted by atomic mass is 10.2. The molecule has 77 valence electrons. The molecule has 1 atom stereocenters. The van der Waals surface area contributed by atoms with Crippen LogP contribution in [0.1, 0.15) is 6.92 Å². The summed E-state index contributed by atoms with van der Waals surface area (Å²) in [6.45, 7) is 2.57. The summed E-state index contributed by atoms with van der Waals surface area (Å²) in [6, 6.07) is 8.20. The first-order chi connectivity index (χ1) is 7.31. The van der Waals surface area contributed by atoms with Gasteiger partial charge in [0.05, 0.1) is 5.69 Å². The van der Waals surface area contributed by atoms with Crippen LogP contribution >= 0.6 is 11.8 Å². The second-order valence-electron chi connectivity index (χ2n) is 3.54. The smallest absolute Gasteiger partial charge is 0.203 e. The van der Waals surface area contributed by atoms with Gasteiger partial charge in [-0.2, -0.15) is 0 Å². The van der Waals surface area contributed by atoms with Crippen LogP contribution in [0.25, 0.3) is 0 Å². The van der Waals surface area contributed by atoms with E-state index in [2.05, 4.69) is 17.0 Å². The molecule has 1 aliphatic heterocycles. The van der Waals surface area contributed by atoms with Gasteiger partial charge in [0.2, 0.25) is 6.29 Å². The normalized spacial score (nSPS) is 15.9. The molecule has 0 N–H and O–H groups in total. The zero-order valence-corrected chi connectivity index (χ0v) is 9.33. The monoisotopic (exact) mass is 218 g/mol. The minimum Gasteiger partial charge on any atom is -0.346 e. The minimum absolute atomic E-state index is 0.0641. The Labute approximate surface area is 94.0 Å². The highest BCUT2D eigenvalue weighted by Gasteiger charge is 2.14. The van der Waals surface area contributed by atoms with E-state index in [0.717, 1.165) is 0 Å². The van der Waals surface area contributed by atoms with E-state index in [-0.39, 0.29) is 5.92 Å². The van der Waals surface area contributed by atoms with Gasteiger partial charge in [0.15, 0.2) is 0 Å². The van der Waals surface area contributed by atoms with Crippen molar-refractivity contribution in [3.63, 3.8) is 0 Å². The zero-order valence-electron chi connectivity index (χ0n) is 8.51. The maximum absolute atomic E-state index is 10.5. The lowest BCUT2D eigenvalue weighted by molar-refractivity contribution is 0.529. The van der Waals surface area contributed by atoms with Crippen LogP contribution in [0.15, 0.2) is 40.8 Å². The highest BCUT2D eigenvalue weighted by atomic mass is 32.2. The number of rotatable bonds is 3. The number of carbonyl (C=O) groups excluding carboxylic acids is 1. The van der Waals surface area contributed by atoms with E-state index in [0.29, 0.717) is 6.54 Å². The molecule has 1 aromatic carbocycles. The molecular formula is C12H12NOS. The number of nitrogens with zero attached hydrogens (tertiary/aromatic N) is 1. The third-order valence-electron chi connectivity index (χ3n) is 2.28. The Kier molecular flexibility index (Phi) is 3.11. The van der Waals surface area contributed by atoms with E-state index in [9.17, 15) is 4.79 Å². The van der Waals surface area contributed by atoms with Crippen molar-refractivity contribution in [2.45, 2.75) is 11.8 Å². The fourth-order valence-corrected chi connectivity index (χ4v) is 2.36. The molecule has 2 nitrogen and oxygen atoms in total. The predicted molar refractivity (Wildman–Crippen MR) is 63.6 cm³/mol. The molecule has 0 saturated heterocycles. The molecule has 1 aromatic rings. The maximum Gasteiger partial charge on any atom is 0.203 e. The quantitative estimate of drug-likeness (QED) is 0.778. The second kappa shape index (κ2) is 4.53. The molecule has 2 rings (SSSR count). The highest BCUT2D eigenvalue weighted by Crippen LogP contribution is 2.35. The van der Waals surface area contributed by atoms with Crippen molar-refractivity contribution in [2.75, 3.05) is 11.4 Å². The summed E-state index contributed by atoms with van der Waals surface area (Å²) in [7, 11) is 0. The van der Waals surface area contributed by atoms with Crippen LogP contribution in [0.4, 0.5) is 5.69 Å². The van der Waals surface area contributed by atoms with Gasteiger partial charge in [0.1, 0.15) is 0 Å². The highest BCUT2D eigenvalue weighted by molar-refractivity contribution is 8.02. The average molecular weight is 218 g/mol. The van der Waals surface area contributed by atoms with Crippen molar-refractivity contribution in [3.05, 3.63) is 35.9 Å². The van der Waals surface area contributed by atoms with Crippen molar-refractivity contribution in [1.29, 1.82) is 0 Å². The van der Waals surface area contributed by atoms with Gasteiger partial charge < -0.3 is 4.90 Å². The fourth-order valence-electron chi connectivity index (χ4n) is 1.54. The number of anilines is 1. The molecule has 0 fully saturated rings. The minimum atomic E-state index is -0.0641. The number of hydrogen-bond donors (Lipinski definition) is 0. The fraction of sp³-hybridized carbons (Fsp3) is 0.250. The molecule has 0 aromatic heterocycles. The molecule has 1 heterocycles. The SMILES string of the molecule is CC([C]=O)CN1C=CSc2ccccc21. The summed E-state index contributed by atoms with van der Waals surface area (Å²) < 4.78 is 0. The molecule has 0 saturated carbocycles. The van der Waals surface area contributed by atoms with Crippen molar-refractivity contribution in [2.24, 2.45) is 5.92 Å². The second-order valence-corrected chi connectivity index (χ2v) is 4.49. The van der Waals surface area contributed by atoms with E-state index >= 15 is 0 Å². The average Bonchev–Trinajstić information content (AvgIpc) is 2.29. The van der Waals surface area contributed by atoms with Crippen LogP contribution in [-0.4, -0.2) is 12.8 Å². The number of thioether (sulfide) groups is 1. The van der Waals surface area contributed by atoms with E-state index in [4.69, 9.17) is 0 Å². The van der Waals surface area contributed by atoms with Crippen molar-refractivity contribution in [3.8, 4) is 0 Å². The number of benzene rings is 1. The molecule has 1 unspecified atom stereocenters. The molecule has 1 aliphatic rings. The predicted octanol–water partition coefficient (Wildman–Crippen LogP) is 2.82. The molecule has 15 heavy (non-hydrogen) atoms. The van der Waals surface area contributed by atoms with E-state index < -0.39 is 0 Å². The van der Waals surface area contributed by atoms with E-state index in [1.165, 1.54) is 10.6 Å². The Bertz CT molecular complexity index is 389. The molecule has 0 amide bonds. The van der Waals surface area contributed by atoms with Crippen LogP contribution in [-0.2, 0) is 4.79 Å². The Morgan fingerprint density at radius 2 is 2.27 bits per heavy atom. The van der Waals surface area contributed by atoms with Gasteiger partial charge in [-0.1, -0.05) is 30.8 Å². The Balaban J connectivity index is 2.22. The maximum atomic E-state index is 10.5. The first kappa shape index (κ1) is 10.3. The van der Waals surface area contributed by atoms with E-state index in [1.807, 2.05) is 37.0 Å². The molecule has 0 aliphatic carbocycles. The molecule has 0 bridgehead atoms. The first-order valence-corrected chi connectivity index (χ1v) is 5.76. The number of fused-ring (bicyclic) bond motifs is 1. The number of hydrogen-bond acceptors (Lipinski definition) is 3. The van der Waals surface area contributed by atoms with Gasteiger partial charge in [-0.15, -0.1) is 0 Å². The summed E-state index contributed by atoms with van der Waals surface area (Å²) >= 11 is 1.71. The molecule has 1 radical (unpaired) electrons. The lowest BCUT2D eigenvalue weighted by Gasteiger charge is -2.26. The molecule has 3 heteroatoms. The third-order valence-corrected chi connectivity index (χ3v) is 3.14. The van der Waals surface area contributed by atoms with Crippen LogP contribution < -0.4 is 4.90 Å². The summed E-state index contributed by atoms with van der Waals surface area (Å²) in [5, 5.41) is 2.04. The Morgan fingerprint density at radius 3 is 3.07 bits per heavy atom. The largest absolute Gasteiger partial charge is 0.346 e. The molecule has 0 spiro atoms. The van der Waals surface area contributed by atoms with Gasteiger partial charge >= 0.3 is 0 Å². The third kappa shape index (κ3) is 2.23. The van der Waals surface area contributed by atoms with Crippen LogP contribution in [0, 0.1) is 5.92 Å². The van der Waals surface area contributed by atoms with E-state index in [1.54, 1.807) is 11.8 Å². The van der Waals surface area contributed by atoms with Crippen LogP contribution in [0.3, 0.4) is 0 Å². The zero-order chi connectivity index (χ0) is 10.7. The Hall–Kier alpha value is -1.22. The van der Waals surface area contributed by atoms with Gasteiger partial charge in [-0.3, -0.25) is 4.79 Å². The summed E-state index contributed by atoms with van der Waals surface area (Å²) in [5.41, 5.74) is 1.17. The lowest BCUT2D eigenvalue weighted by Crippen LogP contribution is -2.25. The van der Waals surface area contributed by atoms with Gasteiger partial charge in [-0.25, -0.2) is 0 Å². The van der Waals surface area contributed by atoms with Gasteiger partial charge in [0.25, 0.3) is 0 Å². The Morgan fingerprint density at radius 1 is 1.47 bits per heavy atom. The van der Waals surface area contributed by atoms with Crippen LogP contribution in [0.2, 0.25) is 0 Å². The molecular weight excluding hydrogens is 206 g/mol. The van der Waals surface area contributed by atoms with Crippen molar-refractivity contribution >= 4 is 23.7 Å². The first-order valence-electron chi connectivity index (χ1n) is 4.88. The number of para-hydroxylation sites is 1. The summed E-state index contributed by atoms with van der Waals surface area (Å²) in [6.07, 6.45) is 4.03. The van der Waals surface area contributed by atoms with Gasteiger partial charge in [0, 0.05) is 23.6 Å². The topological polar surface area (TPSA) is 20.3 Å². The van der Waals surface area contributed by atoms with Crippen molar-refractivity contribution in [1.82, 2.24) is 0 Å². The van der Waals surface area contributed by atoms with Crippen LogP contribution in [0.5, 0.6) is 0 Å². The van der Waals surface area contributed by atoms with Gasteiger partial charge in [-0.05, 0) is 17.5 Å². The summed E-state index contributed by atoms with van der Waals surface area (Å²) in [4.78, 5) is 13.8.